The average Bonchev–Trinajstić information content (AvgIpc) is 2.42. The fraction of sp³-hybridized carbons (Fsp3) is 0.929. The van der Waals surface area contributed by atoms with E-state index in [0.29, 0.717) is 30.5 Å². The van der Waals surface area contributed by atoms with Crippen molar-refractivity contribution in [3.8, 4) is 0 Å². The van der Waals surface area contributed by atoms with Crippen LogP contribution in [0.3, 0.4) is 0 Å². The van der Waals surface area contributed by atoms with E-state index in [-0.39, 0.29) is 0 Å². The third-order valence-electron chi connectivity index (χ3n) is 4.54. The first-order valence-corrected chi connectivity index (χ1v) is 8.50. The average molecular weight is 285 g/mol. The van der Waals surface area contributed by atoms with Crippen molar-refractivity contribution < 1.29 is 4.79 Å². The Morgan fingerprint density at radius 3 is 2.95 bits per heavy atom. The molecule has 2 heterocycles. The third-order valence-corrected chi connectivity index (χ3v) is 5.67. The Morgan fingerprint density at radius 2 is 2.32 bits per heavy atom. The molecular formula is C14H27N3OS. The minimum Gasteiger partial charge on any atom is -0.343 e. The molecule has 110 valence electrons. The Kier molecular flexibility index (Phi) is 5.54. The van der Waals surface area contributed by atoms with Crippen LogP contribution in [-0.2, 0) is 4.79 Å². The van der Waals surface area contributed by atoms with Gasteiger partial charge in [-0.3, -0.25) is 4.79 Å². The maximum atomic E-state index is 12.4. The minimum atomic E-state index is 0.307. The topological polar surface area (TPSA) is 35.6 Å². The summed E-state index contributed by atoms with van der Waals surface area (Å²) in [6.45, 7) is 4.39. The fourth-order valence-corrected chi connectivity index (χ4v) is 3.87. The molecule has 1 amide bonds. The number of thioether (sulfide) groups is 1. The molecule has 2 rings (SSSR count). The van der Waals surface area contributed by atoms with Crippen molar-refractivity contribution in [2.45, 2.75) is 44.3 Å². The number of nitrogens with one attached hydrogen (secondary N) is 1. The normalized spacial score (nSPS) is 33.1. The number of hydrogen-bond donors (Lipinski definition) is 1. The molecule has 3 unspecified atom stereocenters. The monoisotopic (exact) mass is 285 g/mol. The van der Waals surface area contributed by atoms with Gasteiger partial charge in [-0.2, -0.15) is 11.8 Å². The molecule has 2 fully saturated rings. The van der Waals surface area contributed by atoms with E-state index in [1.54, 1.807) is 0 Å². The molecule has 1 N–H and O–H groups in total. The Balaban J connectivity index is 1.81. The van der Waals surface area contributed by atoms with Gasteiger partial charge in [-0.15, -0.1) is 0 Å². The van der Waals surface area contributed by atoms with Crippen molar-refractivity contribution in [1.82, 2.24) is 15.1 Å². The van der Waals surface area contributed by atoms with Gasteiger partial charge in [-0.1, -0.05) is 0 Å². The summed E-state index contributed by atoms with van der Waals surface area (Å²) in [5, 5.41) is 3.45. The van der Waals surface area contributed by atoms with Crippen molar-refractivity contribution in [2.75, 3.05) is 38.7 Å². The van der Waals surface area contributed by atoms with Gasteiger partial charge in [0.25, 0.3) is 0 Å². The molecule has 0 aromatic carbocycles. The molecular weight excluding hydrogens is 258 g/mol. The molecule has 2 aliphatic rings. The predicted molar refractivity (Wildman–Crippen MR) is 81.6 cm³/mol. The zero-order valence-corrected chi connectivity index (χ0v) is 13.2. The molecule has 19 heavy (non-hydrogen) atoms. The van der Waals surface area contributed by atoms with Crippen molar-refractivity contribution in [1.29, 1.82) is 0 Å². The highest BCUT2D eigenvalue weighted by Crippen LogP contribution is 2.21. The summed E-state index contributed by atoms with van der Waals surface area (Å²) in [5.74, 6) is 2.55. The molecule has 4 nitrogen and oxygen atoms in total. The molecule has 0 aromatic heterocycles. The summed E-state index contributed by atoms with van der Waals surface area (Å²) >= 11 is 1.95. The summed E-state index contributed by atoms with van der Waals surface area (Å²) in [6.07, 6.45) is 2.87. The largest absolute Gasteiger partial charge is 0.343 e. The molecule has 0 aliphatic carbocycles. The van der Waals surface area contributed by atoms with Crippen LogP contribution in [0.15, 0.2) is 0 Å². The number of carbonyl (C=O) groups excluding carboxylic acids is 1. The van der Waals surface area contributed by atoms with Gasteiger partial charge >= 0.3 is 0 Å². The molecule has 0 radical (unpaired) electrons. The number of carbonyl (C=O) groups is 1. The van der Waals surface area contributed by atoms with Crippen molar-refractivity contribution in [2.24, 2.45) is 0 Å². The van der Waals surface area contributed by atoms with Crippen LogP contribution in [0.1, 0.15) is 26.2 Å². The lowest BCUT2D eigenvalue weighted by Gasteiger charge is -2.39. The number of amides is 1. The van der Waals surface area contributed by atoms with E-state index in [9.17, 15) is 4.79 Å². The van der Waals surface area contributed by atoms with E-state index in [4.69, 9.17) is 0 Å². The highest BCUT2D eigenvalue weighted by Gasteiger charge is 2.29. The number of hydrogen-bond acceptors (Lipinski definition) is 4. The van der Waals surface area contributed by atoms with Gasteiger partial charge in [0, 0.05) is 56.2 Å². The van der Waals surface area contributed by atoms with E-state index >= 15 is 0 Å². The molecule has 2 aliphatic heterocycles. The van der Waals surface area contributed by atoms with Crippen molar-refractivity contribution >= 4 is 17.7 Å². The zero-order valence-electron chi connectivity index (χ0n) is 12.4. The van der Waals surface area contributed by atoms with Gasteiger partial charge in [-0.25, -0.2) is 0 Å². The molecule has 2 saturated heterocycles. The number of nitrogens with zero attached hydrogens (tertiary/aromatic N) is 2. The van der Waals surface area contributed by atoms with Crippen LogP contribution in [0.2, 0.25) is 0 Å². The molecule has 3 atom stereocenters. The molecule has 0 bridgehead atoms. The van der Waals surface area contributed by atoms with Gasteiger partial charge in [0.05, 0.1) is 0 Å². The van der Waals surface area contributed by atoms with E-state index in [1.165, 1.54) is 5.75 Å². The van der Waals surface area contributed by atoms with Crippen molar-refractivity contribution in [3.63, 3.8) is 0 Å². The second-order valence-electron chi connectivity index (χ2n) is 5.94. The molecule has 5 heteroatoms. The lowest BCUT2D eigenvalue weighted by molar-refractivity contribution is -0.133. The van der Waals surface area contributed by atoms with Crippen LogP contribution in [-0.4, -0.2) is 72.5 Å². The Morgan fingerprint density at radius 1 is 1.53 bits per heavy atom. The maximum Gasteiger partial charge on any atom is 0.224 e. The van der Waals surface area contributed by atoms with Gasteiger partial charge < -0.3 is 15.1 Å². The summed E-state index contributed by atoms with van der Waals surface area (Å²) in [5.41, 5.74) is 0. The first-order valence-electron chi connectivity index (χ1n) is 7.35. The second-order valence-corrected chi connectivity index (χ2v) is 7.09. The van der Waals surface area contributed by atoms with Gasteiger partial charge in [0.15, 0.2) is 0 Å². The highest BCUT2D eigenvalue weighted by atomic mass is 32.2. The summed E-state index contributed by atoms with van der Waals surface area (Å²) in [4.78, 5) is 16.7. The highest BCUT2D eigenvalue weighted by molar-refractivity contribution is 7.99. The fourth-order valence-electron chi connectivity index (χ4n) is 2.93. The quantitative estimate of drug-likeness (QED) is 0.840. The van der Waals surface area contributed by atoms with E-state index < -0.39 is 0 Å². The number of rotatable bonds is 3. The lowest BCUT2D eigenvalue weighted by atomic mass is 9.97. The summed E-state index contributed by atoms with van der Waals surface area (Å²) in [6, 6.07) is 1.38. The zero-order chi connectivity index (χ0) is 13.8. The Bertz CT molecular complexity index is 307. The Labute approximate surface area is 121 Å². The lowest BCUT2D eigenvalue weighted by Crippen LogP contribution is -2.49. The van der Waals surface area contributed by atoms with Gasteiger partial charge in [-0.05, 0) is 26.8 Å². The number of likely N-dealkylation sites (tertiary alicyclic amines) is 1. The van der Waals surface area contributed by atoms with Gasteiger partial charge in [0.2, 0.25) is 5.91 Å². The third kappa shape index (κ3) is 4.10. The standard InChI is InChI=1S/C14H27N3OS/c1-11-8-13(4-6-16(11)2)17(3)14(18)9-12-10-19-7-5-15-12/h11-13,15H,4-10H2,1-3H3. The van der Waals surface area contributed by atoms with E-state index in [1.807, 2.05) is 23.7 Å². The molecule has 0 spiro atoms. The SMILES string of the molecule is CC1CC(N(C)C(=O)CC2CSCCN2)CCN1C. The predicted octanol–water partition coefficient (Wildman–Crippen LogP) is 1.02. The first kappa shape index (κ1) is 15.1. The van der Waals surface area contributed by atoms with Crippen molar-refractivity contribution in [3.05, 3.63) is 0 Å². The minimum absolute atomic E-state index is 0.307. The van der Waals surface area contributed by atoms with Crippen LogP contribution in [0, 0.1) is 0 Å². The van der Waals surface area contributed by atoms with E-state index in [2.05, 4.69) is 24.2 Å². The van der Waals surface area contributed by atoms with Crippen LogP contribution in [0.5, 0.6) is 0 Å². The van der Waals surface area contributed by atoms with Crippen LogP contribution >= 0.6 is 11.8 Å². The van der Waals surface area contributed by atoms with Crippen LogP contribution in [0.4, 0.5) is 0 Å². The number of piperidine rings is 1. The Hall–Kier alpha value is -0.260. The first-order chi connectivity index (χ1) is 9.08. The summed E-state index contributed by atoms with van der Waals surface area (Å²) in [7, 11) is 4.16. The van der Waals surface area contributed by atoms with Crippen LogP contribution in [0.25, 0.3) is 0 Å². The second kappa shape index (κ2) is 6.95. The maximum absolute atomic E-state index is 12.4. The summed E-state index contributed by atoms with van der Waals surface area (Å²) < 4.78 is 0. The molecule has 0 aromatic rings. The van der Waals surface area contributed by atoms with Crippen LogP contribution < -0.4 is 5.32 Å². The smallest absolute Gasteiger partial charge is 0.224 e. The molecule has 0 saturated carbocycles. The van der Waals surface area contributed by atoms with Gasteiger partial charge in [0.1, 0.15) is 0 Å². The van der Waals surface area contributed by atoms with E-state index in [0.717, 1.165) is 31.7 Å².